The molecular weight excluding hydrogens is 158 g/mol. The molecule has 0 atom stereocenters. The molecule has 4 N–H and O–H groups in total. The van der Waals surface area contributed by atoms with Crippen molar-refractivity contribution in [3.05, 3.63) is 0 Å². The number of guanidine groups is 1. The molecule has 0 amide bonds. The van der Waals surface area contributed by atoms with Crippen LogP contribution in [0.4, 0.5) is 0 Å². The Kier molecular flexibility index (Phi) is 6.18. The van der Waals surface area contributed by atoms with Crippen LogP contribution in [0.15, 0.2) is 0 Å². The van der Waals surface area contributed by atoms with Crippen LogP contribution >= 0.6 is 0 Å². The summed E-state index contributed by atoms with van der Waals surface area (Å²) in [6.07, 6.45) is 0. The van der Waals surface area contributed by atoms with Gasteiger partial charge in [0.1, 0.15) is 13.2 Å². The molecule has 0 bridgehead atoms. The third-order valence-corrected chi connectivity index (χ3v) is 1.22. The second-order valence-corrected chi connectivity index (χ2v) is 2.14. The molecule has 0 saturated carbocycles. The number of nitrogens with two attached hydrogens (primary N) is 2. The van der Waals surface area contributed by atoms with Crippen LogP contribution in [-0.2, 0) is 9.57 Å². The average molecular weight is 176 g/mol. The zero-order valence-electron chi connectivity index (χ0n) is 7.75. The van der Waals surface area contributed by atoms with Gasteiger partial charge in [-0.15, -0.1) is 0 Å². The zero-order valence-corrected chi connectivity index (χ0v) is 7.75. The molecule has 0 fully saturated rings. The summed E-state index contributed by atoms with van der Waals surface area (Å²) in [5.74, 6) is 0.163. The Morgan fingerprint density at radius 1 is 1.25 bits per heavy atom. The molecular formula is C7H18N3O2+. The molecule has 72 valence electrons. The van der Waals surface area contributed by atoms with Crippen LogP contribution in [0.1, 0.15) is 13.8 Å². The lowest BCUT2D eigenvalue weighted by molar-refractivity contribution is -0.788. The predicted molar refractivity (Wildman–Crippen MR) is 46.6 cm³/mol. The summed E-state index contributed by atoms with van der Waals surface area (Å²) in [6.45, 7) is 6.16. The summed E-state index contributed by atoms with van der Waals surface area (Å²) in [6, 6.07) is 0. The normalized spacial score (nSPS) is 9.50. The van der Waals surface area contributed by atoms with Crippen molar-refractivity contribution in [2.75, 3.05) is 26.4 Å². The van der Waals surface area contributed by atoms with E-state index in [4.69, 9.17) is 21.0 Å². The van der Waals surface area contributed by atoms with Gasteiger partial charge in [0.2, 0.25) is 0 Å². The Morgan fingerprint density at radius 2 is 1.92 bits per heavy atom. The third kappa shape index (κ3) is 4.79. The lowest BCUT2D eigenvalue weighted by Gasteiger charge is -2.07. The maximum Gasteiger partial charge on any atom is 0.377 e. The number of nitrogens with zero attached hydrogens (tertiary/aromatic N) is 1. The van der Waals surface area contributed by atoms with E-state index in [0.29, 0.717) is 26.4 Å². The van der Waals surface area contributed by atoms with Crippen LogP contribution in [0.2, 0.25) is 0 Å². The van der Waals surface area contributed by atoms with Gasteiger partial charge in [-0.2, -0.15) is 0 Å². The van der Waals surface area contributed by atoms with Crippen LogP contribution in [0, 0.1) is 0 Å². The van der Waals surface area contributed by atoms with Gasteiger partial charge in [-0.1, -0.05) is 4.74 Å². The maximum atomic E-state index is 5.34. The Hall–Kier alpha value is -0.970. The molecule has 0 aromatic carbocycles. The predicted octanol–water partition coefficient (Wildman–Crippen LogP) is -0.740. The SMILES string of the molecule is CCOCC[N+](OCC)=C(N)N. The van der Waals surface area contributed by atoms with E-state index in [9.17, 15) is 0 Å². The number of hydroxylamine groups is 1. The highest BCUT2D eigenvalue weighted by Crippen LogP contribution is 1.80. The smallest absolute Gasteiger partial charge is 0.377 e. The van der Waals surface area contributed by atoms with E-state index in [1.54, 1.807) is 0 Å². The van der Waals surface area contributed by atoms with Gasteiger partial charge in [0.05, 0.1) is 6.61 Å². The summed E-state index contributed by atoms with van der Waals surface area (Å²) in [7, 11) is 0. The fourth-order valence-electron chi connectivity index (χ4n) is 0.716. The first-order valence-electron chi connectivity index (χ1n) is 4.08. The molecule has 0 rings (SSSR count). The molecule has 12 heavy (non-hydrogen) atoms. The van der Waals surface area contributed by atoms with Crippen molar-refractivity contribution < 1.29 is 14.3 Å². The van der Waals surface area contributed by atoms with Crippen LogP contribution in [0.25, 0.3) is 0 Å². The summed E-state index contributed by atoms with van der Waals surface area (Å²) < 4.78 is 6.54. The van der Waals surface area contributed by atoms with Gasteiger partial charge in [0.25, 0.3) is 0 Å². The molecule has 0 aliphatic carbocycles. The van der Waals surface area contributed by atoms with Gasteiger partial charge >= 0.3 is 5.96 Å². The first kappa shape index (κ1) is 11.0. The standard InChI is InChI=1S/C7H17N3O2/c1-3-11-6-5-10(7(8)9)12-4-2/h3-6H2,1-2H3,(H3,8,9)/p+1. The molecule has 0 radical (unpaired) electrons. The number of hydrogen-bond acceptors (Lipinski definition) is 2. The fourth-order valence-corrected chi connectivity index (χ4v) is 0.716. The van der Waals surface area contributed by atoms with Crippen molar-refractivity contribution in [2.24, 2.45) is 11.5 Å². The summed E-state index contributed by atoms with van der Waals surface area (Å²) in [5, 5.41) is 0. The van der Waals surface area contributed by atoms with Gasteiger partial charge in [-0.3, -0.25) is 11.5 Å². The molecule has 0 saturated heterocycles. The number of rotatable bonds is 6. The highest BCUT2D eigenvalue weighted by Gasteiger charge is 2.03. The Labute approximate surface area is 72.9 Å². The topological polar surface area (TPSA) is 73.5 Å². The third-order valence-electron chi connectivity index (χ3n) is 1.22. The largest absolute Gasteiger partial charge is 0.378 e. The zero-order chi connectivity index (χ0) is 9.40. The van der Waals surface area contributed by atoms with Gasteiger partial charge in [-0.25, -0.2) is 0 Å². The van der Waals surface area contributed by atoms with Crippen molar-refractivity contribution in [1.82, 2.24) is 0 Å². The maximum absolute atomic E-state index is 5.34. The van der Waals surface area contributed by atoms with Gasteiger partial charge < -0.3 is 9.57 Å². The fraction of sp³-hybridized carbons (Fsp3) is 0.857. The number of ether oxygens (including phenoxy) is 1. The first-order chi connectivity index (χ1) is 5.72. The molecule has 0 unspecified atom stereocenters. The monoisotopic (exact) mass is 176 g/mol. The molecule has 0 aliphatic rings. The van der Waals surface area contributed by atoms with Crippen molar-refractivity contribution in [2.45, 2.75) is 13.8 Å². The molecule has 5 nitrogen and oxygen atoms in total. The van der Waals surface area contributed by atoms with Crippen LogP contribution in [0.5, 0.6) is 0 Å². The van der Waals surface area contributed by atoms with E-state index < -0.39 is 0 Å². The Morgan fingerprint density at radius 3 is 2.33 bits per heavy atom. The summed E-state index contributed by atoms with van der Waals surface area (Å²) in [5.41, 5.74) is 10.7. The van der Waals surface area contributed by atoms with E-state index in [1.165, 1.54) is 4.74 Å². The quantitative estimate of drug-likeness (QED) is 0.184. The van der Waals surface area contributed by atoms with Crippen LogP contribution in [0.3, 0.4) is 0 Å². The highest BCUT2D eigenvalue weighted by molar-refractivity contribution is 5.69. The van der Waals surface area contributed by atoms with Gasteiger partial charge in [0.15, 0.2) is 0 Å². The lowest BCUT2D eigenvalue weighted by atomic mass is 10.7. The Bertz CT molecular complexity index is 144. The molecule has 0 spiro atoms. The molecule has 0 aromatic heterocycles. The Balaban J connectivity index is 3.73. The minimum atomic E-state index is 0.163. The van der Waals surface area contributed by atoms with E-state index in [1.807, 2.05) is 13.8 Å². The molecule has 5 heteroatoms. The molecule has 0 heterocycles. The molecule has 0 aliphatic heterocycles. The molecule has 0 aromatic rings. The lowest BCUT2D eigenvalue weighted by Crippen LogP contribution is -2.37. The van der Waals surface area contributed by atoms with Crippen molar-refractivity contribution in [1.29, 1.82) is 0 Å². The second-order valence-electron chi connectivity index (χ2n) is 2.14. The van der Waals surface area contributed by atoms with E-state index in [-0.39, 0.29) is 5.96 Å². The summed E-state index contributed by atoms with van der Waals surface area (Å²) in [4.78, 5) is 5.12. The van der Waals surface area contributed by atoms with Crippen LogP contribution < -0.4 is 11.5 Å². The van der Waals surface area contributed by atoms with E-state index in [0.717, 1.165) is 0 Å². The van der Waals surface area contributed by atoms with Crippen molar-refractivity contribution in [3.63, 3.8) is 0 Å². The first-order valence-corrected chi connectivity index (χ1v) is 4.08. The van der Waals surface area contributed by atoms with Gasteiger partial charge in [0, 0.05) is 6.61 Å². The van der Waals surface area contributed by atoms with E-state index >= 15 is 0 Å². The number of hydrogen-bond donors (Lipinski definition) is 2. The highest BCUT2D eigenvalue weighted by atomic mass is 16.7. The van der Waals surface area contributed by atoms with Crippen LogP contribution in [-0.4, -0.2) is 37.1 Å². The van der Waals surface area contributed by atoms with Crippen molar-refractivity contribution >= 4 is 5.96 Å². The van der Waals surface area contributed by atoms with Crippen molar-refractivity contribution in [3.8, 4) is 0 Å². The van der Waals surface area contributed by atoms with Gasteiger partial charge in [-0.05, 0) is 13.8 Å². The summed E-state index contributed by atoms with van der Waals surface area (Å²) >= 11 is 0. The minimum Gasteiger partial charge on any atom is -0.378 e. The van der Waals surface area contributed by atoms with E-state index in [2.05, 4.69) is 0 Å². The second kappa shape index (κ2) is 6.72. The average Bonchev–Trinajstić information content (AvgIpc) is 2.03. The minimum absolute atomic E-state index is 0.163.